The van der Waals surface area contributed by atoms with Crippen molar-refractivity contribution < 1.29 is 9.84 Å². The molecule has 1 aliphatic rings. The number of methoxy groups -OCH3 is 1. The molecule has 1 unspecified atom stereocenters. The molecule has 3 rings (SSSR count). The number of hydrogen-bond acceptors (Lipinski definition) is 7. The van der Waals surface area contributed by atoms with Gasteiger partial charge in [-0.2, -0.15) is 4.98 Å². The summed E-state index contributed by atoms with van der Waals surface area (Å²) in [6, 6.07) is 1.85. The van der Waals surface area contributed by atoms with Gasteiger partial charge in [0.1, 0.15) is 17.7 Å². The second-order valence-corrected chi connectivity index (χ2v) is 5.33. The first-order chi connectivity index (χ1) is 10.6. The smallest absolute Gasteiger partial charge is 0.219 e. The van der Waals surface area contributed by atoms with Gasteiger partial charge in [-0.3, -0.25) is 0 Å². The summed E-state index contributed by atoms with van der Waals surface area (Å²) in [6.07, 6.45) is 1.79. The molecule has 0 amide bonds. The lowest BCUT2D eigenvalue weighted by Crippen LogP contribution is -2.32. The van der Waals surface area contributed by atoms with Crippen molar-refractivity contribution in [3.63, 3.8) is 0 Å². The number of rotatable bonds is 3. The van der Waals surface area contributed by atoms with Gasteiger partial charge in [0.25, 0.3) is 0 Å². The van der Waals surface area contributed by atoms with Gasteiger partial charge in [0.05, 0.1) is 19.3 Å². The standard InChI is InChI=1S/C15H19N5O2/c1-9(21)14-16-6-4-13(19-14)20-7-5-11-12(8-20)17-10(2)18-15(11)22-3/h4,6,9,21H,5,7-8H2,1-3H3. The Morgan fingerprint density at radius 3 is 2.86 bits per heavy atom. The molecular weight excluding hydrogens is 282 g/mol. The third-order valence-corrected chi connectivity index (χ3v) is 3.69. The molecule has 0 bridgehead atoms. The highest BCUT2D eigenvalue weighted by Gasteiger charge is 2.23. The Labute approximate surface area is 129 Å². The minimum Gasteiger partial charge on any atom is -0.481 e. The fraction of sp³-hybridized carbons (Fsp3) is 0.467. The van der Waals surface area contributed by atoms with Crippen LogP contribution in [0.2, 0.25) is 0 Å². The van der Waals surface area contributed by atoms with Crippen LogP contribution >= 0.6 is 0 Å². The lowest BCUT2D eigenvalue weighted by molar-refractivity contribution is 0.189. The van der Waals surface area contributed by atoms with Crippen LogP contribution in [0.1, 0.15) is 35.9 Å². The number of fused-ring (bicyclic) bond motifs is 1. The summed E-state index contributed by atoms with van der Waals surface area (Å²) in [6.45, 7) is 4.96. The zero-order valence-corrected chi connectivity index (χ0v) is 12.9. The molecule has 2 aromatic heterocycles. The van der Waals surface area contributed by atoms with E-state index in [0.717, 1.165) is 30.0 Å². The van der Waals surface area contributed by atoms with Crippen molar-refractivity contribution in [2.45, 2.75) is 32.9 Å². The zero-order chi connectivity index (χ0) is 15.7. The van der Waals surface area contributed by atoms with Gasteiger partial charge >= 0.3 is 0 Å². The fourth-order valence-electron chi connectivity index (χ4n) is 2.62. The number of nitrogens with zero attached hydrogens (tertiary/aromatic N) is 5. The number of aliphatic hydroxyl groups excluding tert-OH is 1. The Hall–Kier alpha value is -2.28. The molecule has 0 radical (unpaired) electrons. The van der Waals surface area contributed by atoms with Crippen molar-refractivity contribution in [1.82, 2.24) is 19.9 Å². The molecule has 2 aromatic rings. The lowest BCUT2D eigenvalue weighted by Gasteiger charge is -2.29. The molecular formula is C15H19N5O2. The normalized spacial score (nSPS) is 15.4. The first kappa shape index (κ1) is 14.6. The Kier molecular flexibility index (Phi) is 3.89. The highest BCUT2D eigenvalue weighted by atomic mass is 16.5. The molecule has 0 saturated carbocycles. The maximum Gasteiger partial charge on any atom is 0.219 e. The Morgan fingerprint density at radius 2 is 2.14 bits per heavy atom. The minimum absolute atomic E-state index is 0.430. The van der Waals surface area contributed by atoms with Crippen molar-refractivity contribution in [2.24, 2.45) is 0 Å². The van der Waals surface area contributed by atoms with Gasteiger partial charge in [-0.05, 0) is 26.3 Å². The van der Waals surface area contributed by atoms with Crippen LogP contribution in [-0.2, 0) is 13.0 Å². The summed E-state index contributed by atoms with van der Waals surface area (Å²) in [7, 11) is 1.63. The van der Waals surface area contributed by atoms with Gasteiger partial charge in [0.15, 0.2) is 5.82 Å². The van der Waals surface area contributed by atoms with Crippen LogP contribution in [0.25, 0.3) is 0 Å². The van der Waals surface area contributed by atoms with E-state index in [-0.39, 0.29) is 0 Å². The third kappa shape index (κ3) is 2.71. The predicted molar refractivity (Wildman–Crippen MR) is 80.7 cm³/mol. The molecule has 0 aliphatic carbocycles. The van der Waals surface area contributed by atoms with Crippen LogP contribution in [0, 0.1) is 6.92 Å². The molecule has 0 spiro atoms. The van der Waals surface area contributed by atoms with E-state index in [9.17, 15) is 5.11 Å². The largest absolute Gasteiger partial charge is 0.481 e. The van der Waals surface area contributed by atoms with E-state index in [1.807, 2.05) is 13.0 Å². The summed E-state index contributed by atoms with van der Waals surface area (Å²) < 4.78 is 5.36. The zero-order valence-electron chi connectivity index (χ0n) is 12.9. The number of hydrogen-bond donors (Lipinski definition) is 1. The van der Waals surface area contributed by atoms with E-state index in [1.165, 1.54) is 0 Å². The van der Waals surface area contributed by atoms with Gasteiger partial charge < -0.3 is 14.7 Å². The van der Waals surface area contributed by atoms with Crippen molar-refractivity contribution in [1.29, 1.82) is 0 Å². The molecule has 7 nitrogen and oxygen atoms in total. The quantitative estimate of drug-likeness (QED) is 0.911. The lowest BCUT2D eigenvalue weighted by atomic mass is 10.1. The Morgan fingerprint density at radius 1 is 1.32 bits per heavy atom. The van der Waals surface area contributed by atoms with E-state index >= 15 is 0 Å². The van der Waals surface area contributed by atoms with Crippen molar-refractivity contribution in [3.8, 4) is 5.88 Å². The number of aliphatic hydroxyl groups is 1. The van der Waals surface area contributed by atoms with Gasteiger partial charge in [-0.15, -0.1) is 0 Å². The third-order valence-electron chi connectivity index (χ3n) is 3.69. The second-order valence-electron chi connectivity index (χ2n) is 5.33. The molecule has 116 valence electrons. The summed E-state index contributed by atoms with van der Waals surface area (Å²) >= 11 is 0. The monoisotopic (exact) mass is 301 g/mol. The van der Waals surface area contributed by atoms with Crippen LogP contribution in [0.4, 0.5) is 5.82 Å². The second kappa shape index (κ2) is 5.84. The van der Waals surface area contributed by atoms with E-state index in [2.05, 4.69) is 24.8 Å². The fourth-order valence-corrected chi connectivity index (χ4v) is 2.62. The van der Waals surface area contributed by atoms with Crippen LogP contribution in [0.3, 0.4) is 0 Å². The van der Waals surface area contributed by atoms with Gasteiger partial charge in [-0.1, -0.05) is 0 Å². The summed E-state index contributed by atoms with van der Waals surface area (Å²) in [4.78, 5) is 19.5. The van der Waals surface area contributed by atoms with Crippen molar-refractivity contribution in [3.05, 3.63) is 35.2 Å². The predicted octanol–water partition coefficient (Wildman–Crippen LogP) is 1.20. The maximum absolute atomic E-state index is 9.63. The molecule has 0 saturated heterocycles. The number of anilines is 1. The molecule has 1 aliphatic heterocycles. The number of aromatic nitrogens is 4. The van der Waals surface area contributed by atoms with Crippen LogP contribution in [-0.4, -0.2) is 38.7 Å². The van der Waals surface area contributed by atoms with E-state index in [4.69, 9.17) is 4.74 Å². The average molecular weight is 301 g/mol. The van der Waals surface area contributed by atoms with Crippen molar-refractivity contribution in [2.75, 3.05) is 18.6 Å². The topological polar surface area (TPSA) is 84.3 Å². The molecule has 7 heteroatoms. The highest BCUT2D eigenvalue weighted by Crippen LogP contribution is 2.27. The molecule has 1 N–H and O–H groups in total. The highest BCUT2D eigenvalue weighted by molar-refractivity contribution is 5.44. The maximum atomic E-state index is 9.63. The van der Waals surface area contributed by atoms with E-state index < -0.39 is 6.10 Å². The molecule has 0 aromatic carbocycles. The van der Waals surface area contributed by atoms with Crippen molar-refractivity contribution >= 4 is 5.82 Å². The van der Waals surface area contributed by atoms with Gasteiger partial charge in [-0.25, -0.2) is 15.0 Å². The van der Waals surface area contributed by atoms with E-state index in [0.29, 0.717) is 24.1 Å². The van der Waals surface area contributed by atoms with Crippen LogP contribution in [0.15, 0.2) is 12.3 Å². The van der Waals surface area contributed by atoms with E-state index in [1.54, 1.807) is 20.2 Å². The number of ether oxygens (including phenoxy) is 1. The average Bonchev–Trinajstić information content (AvgIpc) is 2.53. The Bertz CT molecular complexity index is 690. The number of aryl methyl sites for hydroxylation is 1. The first-order valence-electron chi connectivity index (χ1n) is 7.25. The first-order valence-corrected chi connectivity index (χ1v) is 7.25. The molecule has 0 fully saturated rings. The Balaban J connectivity index is 1.91. The molecule has 3 heterocycles. The summed E-state index contributed by atoms with van der Waals surface area (Å²) in [5.41, 5.74) is 2.03. The molecule has 22 heavy (non-hydrogen) atoms. The van der Waals surface area contributed by atoms with Crippen LogP contribution in [0.5, 0.6) is 5.88 Å². The SMILES string of the molecule is COc1nc(C)nc2c1CCN(c1ccnc(C(C)O)n1)C2. The van der Waals surface area contributed by atoms with Gasteiger partial charge in [0.2, 0.25) is 5.88 Å². The van der Waals surface area contributed by atoms with Gasteiger partial charge in [0, 0.05) is 18.3 Å². The summed E-state index contributed by atoms with van der Waals surface area (Å²) in [5, 5.41) is 9.63. The minimum atomic E-state index is -0.679. The van der Waals surface area contributed by atoms with Crippen LogP contribution < -0.4 is 9.64 Å². The summed E-state index contributed by atoms with van der Waals surface area (Å²) in [5.74, 6) is 2.59. The molecule has 1 atom stereocenters.